The summed E-state index contributed by atoms with van der Waals surface area (Å²) in [6, 6.07) is 12.8. The van der Waals surface area contributed by atoms with E-state index in [0.717, 1.165) is 68.8 Å². The van der Waals surface area contributed by atoms with Crippen molar-refractivity contribution in [2.45, 2.75) is 36.0 Å². The van der Waals surface area contributed by atoms with Gasteiger partial charge in [0.25, 0.3) is 10.0 Å². The van der Waals surface area contributed by atoms with Gasteiger partial charge in [0, 0.05) is 30.1 Å². The van der Waals surface area contributed by atoms with Gasteiger partial charge in [0.15, 0.2) is 5.13 Å². The van der Waals surface area contributed by atoms with Crippen molar-refractivity contribution in [3.05, 3.63) is 70.4 Å². The first kappa shape index (κ1) is 26.8. The maximum Gasteiger partial charge on any atom is 0.266 e. The van der Waals surface area contributed by atoms with Crippen LogP contribution >= 0.6 is 22.9 Å². The van der Waals surface area contributed by atoms with Crippen LogP contribution in [0.25, 0.3) is 0 Å². The molecule has 0 amide bonds. The summed E-state index contributed by atoms with van der Waals surface area (Å²) in [7, 11) is -4.13. The third-order valence-electron chi connectivity index (χ3n) is 6.77. The van der Waals surface area contributed by atoms with Gasteiger partial charge in [-0.1, -0.05) is 41.9 Å². The lowest BCUT2D eigenvalue weighted by atomic mass is 9.73. The Morgan fingerprint density at radius 2 is 1.92 bits per heavy atom. The van der Waals surface area contributed by atoms with Crippen molar-refractivity contribution in [2.24, 2.45) is 5.73 Å². The second kappa shape index (κ2) is 11.9. The topological polar surface area (TPSA) is 100 Å². The molecule has 1 fully saturated rings. The van der Waals surface area contributed by atoms with Crippen LogP contribution in [0.4, 0.5) is 15.2 Å². The molecule has 0 bridgehead atoms. The Kier molecular flexibility index (Phi) is 8.84. The number of rotatable bonds is 11. The molecule has 1 aromatic heterocycles. The van der Waals surface area contributed by atoms with Crippen molar-refractivity contribution in [2.75, 3.05) is 42.8 Å². The maximum absolute atomic E-state index is 14.6. The predicted octanol–water partition coefficient (Wildman–Crippen LogP) is 4.92. The number of anilines is 2. The van der Waals surface area contributed by atoms with Crippen LogP contribution in [0.5, 0.6) is 0 Å². The van der Waals surface area contributed by atoms with Crippen LogP contribution in [0.1, 0.15) is 31.2 Å². The van der Waals surface area contributed by atoms with Gasteiger partial charge in [0.05, 0.1) is 10.7 Å². The van der Waals surface area contributed by atoms with Gasteiger partial charge in [0.1, 0.15) is 10.7 Å². The van der Waals surface area contributed by atoms with Crippen LogP contribution in [0.3, 0.4) is 0 Å². The van der Waals surface area contributed by atoms with Crippen LogP contribution in [0, 0.1) is 5.82 Å². The minimum Gasteiger partial charge on any atom is -0.384 e. The van der Waals surface area contributed by atoms with Gasteiger partial charge in [-0.2, -0.15) is 0 Å². The Bertz CT molecular complexity index is 1230. The number of unbranched alkanes of at least 4 members (excludes halogenated alkanes) is 1. The molecule has 0 spiro atoms. The number of hydrogen-bond donors (Lipinski definition) is 3. The van der Waals surface area contributed by atoms with Crippen molar-refractivity contribution < 1.29 is 12.8 Å². The molecule has 0 saturated carbocycles. The van der Waals surface area contributed by atoms with E-state index in [2.05, 4.69) is 44.2 Å². The lowest BCUT2D eigenvalue weighted by Crippen LogP contribution is -2.46. The highest BCUT2D eigenvalue weighted by Gasteiger charge is 2.34. The lowest BCUT2D eigenvalue weighted by Gasteiger charge is -2.41. The van der Waals surface area contributed by atoms with Gasteiger partial charge in [0.2, 0.25) is 0 Å². The number of nitrogens with two attached hydrogens (primary N) is 1. The van der Waals surface area contributed by atoms with Crippen LogP contribution in [-0.4, -0.2) is 51.0 Å². The number of halogens is 2. The monoisotopic (exact) mass is 551 g/mol. The first-order chi connectivity index (χ1) is 17.3. The van der Waals surface area contributed by atoms with Crippen molar-refractivity contribution >= 4 is 43.8 Å². The molecule has 0 radical (unpaired) electrons. The minimum atomic E-state index is -4.13. The van der Waals surface area contributed by atoms with Crippen molar-refractivity contribution in [3.63, 3.8) is 0 Å². The second-order valence-corrected chi connectivity index (χ2v) is 12.0. The second-order valence-electron chi connectivity index (χ2n) is 9.03. The van der Waals surface area contributed by atoms with Gasteiger partial charge >= 0.3 is 0 Å². The zero-order valence-corrected chi connectivity index (χ0v) is 22.3. The number of likely N-dealkylation sites (tertiary alicyclic amines) is 1. The fraction of sp³-hybridized carbons (Fsp3) is 0.400. The third-order valence-corrected chi connectivity index (χ3v) is 9.26. The SMILES string of the molecule is NCC1(c2ccccc2)CCN(CCCCNc2cc(F)c(S(=O)(=O)Nc3nccs3)cc2Cl)CC1. The van der Waals surface area contributed by atoms with Gasteiger partial charge < -0.3 is 16.0 Å². The highest BCUT2D eigenvalue weighted by molar-refractivity contribution is 7.93. The number of benzene rings is 2. The van der Waals surface area contributed by atoms with Crippen LogP contribution in [0.15, 0.2) is 58.9 Å². The highest BCUT2D eigenvalue weighted by Crippen LogP contribution is 2.34. The molecule has 36 heavy (non-hydrogen) atoms. The van der Waals surface area contributed by atoms with E-state index in [4.69, 9.17) is 17.3 Å². The minimum absolute atomic E-state index is 0.0651. The van der Waals surface area contributed by atoms with Gasteiger partial charge in [-0.05, 0) is 63.0 Å². The van der Waals surface area contributed by atoms with E-state index in [1.165, 1.54) is 11.8 Å². The summed E-state index contributed by atoms with van der Waals surface area (Å²) in [6.07, 6.45) is 5.42. The zero-order valence-electron chi connectivity index (χ0n) is 19.9. The van der Waals surface area contributed by atoms with Gasteiger partial charge in [-0.3, -0.25) is 4.72 Å². The van der Waals surface area contributed by atoms with Crippen molar-refractivity contribution in [3.8, 4) is 0 Å². The van der Waals surface area contributed by atoms with Gasteiger partial charge in [-0.25, -0.2) is 17.8 Å². The molecular weight excluding hydrogens is 521 g/mol. The number of sulfonamides is 1. The number of nitrogens with zero attached hydrogens (tertiary/aromatic N) is 2. The molecule has 0 atom stereocenters. The standard InChI is InChI=1S/C25H31ClFN5O2S2/c26-20-16-23(36(33,34)31-24-30-11-15-35-24)21(27)17-22(20)29-10-4-5-12-32-13-8-25(18-28,9-14-32)19-6-2-1-3-7-19/h1-3,6-7,11,15-17,29H,4-5,8-10,12-14,18,28H2,(H,30,31). The Hall–Kier alpha value is -2.24. The molecule has 11 heteroatoms. The average molecular weight is 552 g/mol. The summed E-state index contributed by atoms with van der Waals surface area (Å²) in [5, 5.41) is 5.06. The van der Waals surface area contributed by atoms with E-state index in [1.54, 1.807) is 5.38 Å². The smallest absolute Gasteiger partial charge is 0.266 e. The molecule has 3 aromatic rings. The Balaban J connectivity index is 1.23. The molecular formula is C25H31ClFN5O2S2. The average Bonchev–Trinajstić information content (AvgIpc) is 3.39. The Morgan fingerprint density at radius 3 is 2.58 bits per heavy atom. The molecule has 2 aromatic carbocycles. The molecule has 4 rings (SSSR count). The summed E-state index contributed by atoms with van der Waals surface area (Å²) < 4.78 is 41.9. The Labute approximate surface area is 220 Å². The van der Waals surface area contributed by atoms with Crippen molar-refractivity contribution in [1.82, 2.24) is 9.88 Å². The van der Waals surface area contributed by atoms with E-state index in [0.29, 0.717) is 18.8 Å². The molecule has 194 valence electrons. The highest BCUT2D eigenvalue weighted by atomic mass is 35.5. The summed E-state index contributed by atoms with van der Waals surface area (Å²) in [5.74, 6) is -0.874. The van der Waals surface area contributed by atoms with E-state index in [-0.39, 0.29) is 15.6 Å². The molecule has 1 saturated heterocycles. The van der Waals surface area contributed by atoms with Crippen molar-refractivity contribution in [1.29, 1.82) is 0 Å². The lowest BCUT2D eigenvalue weighted by molar-refractivity contribution is 0.160. The van der Waals surface area contributed by atoms with Crippen LogP contribution in [0.2, 0.25) is 5.02 Å². The van der Waals surface area contributed by atoms with Crippen LogP contribution in [-0.2, 0) is 15.4 Å². The molecule has 2 heterocycles. The van der Waals surface area contributed by atoms with E-state index in [1.807, 2.05) is 6.07 Å². The number of aromatic nitrogens is 1. The summed E-state index contributed by atoms with van der Waals surface area (Å²) in [4.78, 5) is 5.82. The fourth-order valence-electron chi connectivity index (χ4n) is 4.60. The summed E-state index contributed by atoms with van der Waals surface area (Å²) >= 11 is 7.37. The van der Waals surface area contributed by atoms with E-state index in [9.17, 15) is 12.8 Å². The molecule has 0 unspecified atom stereocenters. The van der Waals surface area contributed by atoms with Gasteiger partial charge in [-0.15, -0.1) is 11.3 Å². The fourth-order valence-corrected chi connectivity index (χ4v) is 6.77. The van der Waals surface area contributed by atoms with E-state index >= 15 is 0 Å². The number of hydrogen-bond acceptors (Lipinski definition) is 7. The normalized spacial score (nSPS) is 16.1. The number of nitrogens with one attached hydrogen (secondary N) is 2. The quantitative estimate of drug-likeness (QED) is 0.292. The number of piperidine rings is 1. The van der Waals surface area contributed by atoms with Crippen LogP contribution < -0.4 is 15.8 Å². The first-order valence-electron chi connectivity index (χ1n) is 12.0. The molecule has 0 aliphatic carbocycles. The molecule has 4 N–H and O–H groups in total. The molecule has 1 aliphatic heterocycles. The van der Waals surface area contributed by atoms with E-state index < -0.39 is 20.7 Å². The Morgan fingerprint density at radius 1 is 1.17 bits per heavy atom. The third kappa shape index (κ3) is 6.36. The predicted molar refractivity (Wildman–Crippen MR) is 145 cm³/mol. The largest absolute Gasteiger partial charge is 0.384 e. The summed E-state index contributed by atoms with van der Waals surface area (Å²) in [5.41, 5.74) is 7.96. The summed E-state index contributed by atoms with van der Waals surface area (Å²) in [6.45, 7) is 4.28. The zero-order chi connectivity index (χ0) is 25.6. The molecule has 7 nitrogen and oxygen atoms in total. The first-order valence-corrected chi connectivity index (χ1v) is 14.7. The molecule has 1 aliphatic rings. The number of thiazole rings is 1. The maximum atomic E-state index is 14.6.